The number of hydrogen-bond donors (Lipinski definition) is 11. The molecule has 0 saturated carbocycles. The third-order valence-electron chi connectivity index (χ3n) is 16.5. The highest BCUT2D eigenvalue weighted by Crippen LogP contribution is 2.53. The molecule has 6 amide bonds. The summed E-state index contributed by atoms with van der Waals surface area (Å²) < 4.78 is 35.9. The molecule has 13 N–H and O–H groups in total. The molecule has 6 aliphatic rings. The van der Waals surface area contributed by atoms with Crippen molar-refractivity contribution in [3.8, 4) is 17.2 Å². The van der Waals surface area contributed by atoms with Gasteiger partial charge in [-0.15, -0.1) is 0 Å². The Morgan fingerprint density at radius 3 is 2.14 bits per heavy atom. The molecule has 27 heteroatoms. The molecule has 10 rings (SSSR count). The van der Waals surface area contributed by atoms with Gasteiger partial charge in [-0.3, -0.25) is 49.1 Å². The summed E-state index contributed by atoms with van der Waals surface area (Å²) in [6, 6.07) is 18.8. The number of nitrogens with zero attached hydrogens (tertiary/aromatic N) is 2. The van der Waals surface area contributed by atoms with Crippen LogP contribution >= 0.6 is 0 Å². The van der Waals surface area contributed by atoms with Crippen molar-refractivity contribution in [1.82, 2.24) is 36.9 Å². The molecule has 2 aliphatic carbocycles. The molecule has 0 unspecified atom stereocenters. The standard InChI is InChI=1S/C60H70N10O17/c1-30-56-37(69-21-22-84-58(83-3)57(69)87-56)23-45(85-30)86-39-25-60(81,24-35-47(39)55(79)49-48(53(35)77)52(76)34-14-10-16-38(82-2)46(34)54(49)78)59(80)64-20-19-63-41(72)26-66-43(74)28-67-42(73)27-65-40(71)17-8-9-18-44(75)70-29-31-11-4-5-12-32(31)50(61)51(68-62)33-13-6-7-15-36(33)70/h4-7,10-16,30,37,39,45,56-58,68,77,79,81H,8-9,17-29,61-62H2,1-3H3,(H,63,72)(H,64,80)(H,65,71)(H,66,74)(H,67,73)/b51-50-/t30-,37-,39-,45-,56+,57+,58-,60-/m0/s1. The van der Waals surface area contributed by atoms with E-state index in [0.29, 0.717) is 48.6 Å². The average Bonchev–Trinajstić information content (AvgIpc) is 2.22. The van der Waals surface area contributed by atoms with Crippen LogP contribution in [0.1, 0.15) is 111 Å². The minimum Gasteiger partial charge on any atom is -0.507 e. The van der Waals surface area contributed by atoms with Crippen molar-refractivity contribution in [2.75, 3.05) is 65.0 Å². The molecule has 4 aromatic rings. The quantitative estimate of drug-likeness (QED) is 0.0213. The van der Waals surface area contributed by atoms with Crippen LogP contribution in [0.25, 0.3) is 11.4 Å². The van der Waals surface area contributed by atoms with E-state index in [1.807, 2.05) is 48.5 Å². The number of amides is 6. The lowest BCUT2D eigenvalue weighted by Crippen LogP contribution is -2.55. The van der Waals surface area contributed by atoms with Crippen LogP contribution in [0.3, 0.4) is 0 Å². The second-order valence-electron chi connectivity index (χ2n) is 21.9. The minimum absolute atomic E-state index is 0.0305. The van der Waals surface area contributed by atoms with Crippen LogP contribution in [0.2, 0.25) is 0 Å². The van der Waals surface area contributed by atoms with Crippen molar-refractivity contribution in [1.29, 1.82) is 0 Å². The van der Waals surface area contributed by atoms with Gasteiger partial charge >= 0.3 is 0 Å². The van der Waals surface area contributed by atoms with E-state index < -0.39 is 139 Å². The smallest absolute Gasteiger partial charge is 0.252 e. The van der Waals surface area contributed by atoms with Gasteiger partial charge in [-0.05, 0) is 37.5 Å². The molecule has 3 fully saturated rings. The molecule has 0 bridgehead atoms. The largest absolute Gasteiger partial charge is 0.507 e. The van der Waals surface area contributed by atoms with Crippen LogP contribution in [0.5, 0.6) is 17.2 Å². The molecule has 4 aliphatic heterocycles. The molecular weight excluding hydrogens is 1130 g/mol. The monoisotopic (exact) mass is 1200 g/mol. The molecule has 462 valence electrons. The molecule has 0 aromatic heterocycles. The minimum atomic E-state index is -2.38. The van der Waals surface area contributed by atoms with Gasteiger partial charge < -0.3 is 86.4 Å². The number of benzene rings is 4. The molecule has 0 radical (unpaired) electrons. The molecule has 4 aromatic carbocycles. The number of fused-ring (bicyclic) bond motifs is 8. The van der Waals surface area contributed by atoms with Gasteiger partial charge in [-0.1, -0.05) is 54.6 Å². The Bertz CT molecular complexity index is 3430. The van der Waals surface area contributed by atoms with Crippen LogP contribution in [0, 0.1) is 0 Å². The maximum Gasteiger partial charge on any atom is 0.252 e. The number of nitrogens with one attached hydrogen (secondary N) is 6. The van der Waals surface area contributed by atoms with E-state index in [9.17, 15) is 53.7 Å². The Balaban J connectivity index is 0.686. The lowest BCUT2D eigenvalue weighted by atomic mass is 9.72. The zero-order valence-corrected chi connectivity index (χ0v) is 48.1. The highest BCUT2D eigenvalue weighted by atomic mass is 16.7. The van der Waals surface area contributed by atoms with Crippen LogP contribution < -0.4 is 53.2 Å². The van der Waals surface area contributed by atoms with Gasteiger partial charge in [0.25, 0.3) is 5.91 Å². The number of phenols is 2. The van der Waals surface area contributed by atoms with E-state index in [1.165, 1.54) is 32.4 Å². The van der Waals surface area contributed by atoms with Crippen molar-refractivity contribution in [3.63, 3.8) is 0 Å². The van der Waals surface area contributed by atoms with E-state index in [0.717, 1.165) is 11.1 Å². The topological polar surface area (TPSA) is 383 Å². The van der Waals surface area contributed by atoms with Gasteiger partial charge in [0, 0.05) is 92.7 Å². The number of nitrogens with two attached hydrogens (primary N) is 2. The molecule has 8 atom stereocenters. The number of anilines is 1. The number of rotatable bonds is 20. The van der Waals surface area contributed by atoms with Gasteiger partial charge in [0.15, 0.2) is 24.6 Å². The van der Waals surface area contributed by atoms with Crippen molar-refractivity contribution >= 4 is 64.1 Å². The number of ether oxygens (including phenoxy) is 6. The van der Waals surface area contributed by atoms with E-state index in [2.05, 4.69) is 36.9 Å². The van der Waals surface area contributed by atoms with Gasteiger partial charge in [0.2, 0.25) is 35.3 Å². The summed E-state index contributed by atoms with van der Waals surface area (Å²) in [5, 5.41) is 48.8. The van der Waals surface area contributed by atoms with Crippen molar-refractivity contribution in [2.24, 2.45) is 11.6 Å². The number of methoxy groups -OCH3 is 2. The second-order valence-corrected chi connectivity index (χ2v) is 21.9. The number of aromatic hydroxyl groups is 2. The van der Waals surface area contributed by atoms with Crippen LogP contribution in [0.15, 0.2) is 66.7 Å². The number of morpholine rings is 1. The second kappa shape index (κ2) is 26.2. The summed E-state index contributed by atoms with van der Waals surface area (Å²) in [5.74, 6) is -0.717. The Hall–Kier alpha value is -8.54. The molecular formula is C60H70N10O17. The number of unbranched alkanes of at least 4 members (excludes halogenated alkanes) is 1. The normalized spacial score (nSPS) is 24.4. The number of aliphatic hydroxyl groups is 1. The Labute approximate surface area is 499 Å². The number of para-hydroxylation sites is 1. The van der Waals surface area contributed by atoms with Crippen LogP contribution in [-0.2, 0) is 65.4 Å². The zero-order valence-electron chi connectivity index (χ0n) is 48.1. The predicted octanol–water partition coefficient (Wildman–Crippen LogP) is 0.0859. The van der Waals surface area contributed by atoms with Crippen LogP contribution in [-0.4, -0.2) is 170 Å². The maximum atomic E-state index is 14.3. The first-order valence-corrected chi connectivity index (χ1v) is 28.6. The number of hydrazine groups is 1. The third kappa shape index (κ3) is 12.4. The van der Waals surface area contributed by atoms with E-state index >= 15 is 0 Å². The Morgan fingerprint density at radius 1 is 0.759 bits per heavy atom. The highest BCUT2D eigenvalue weighted by molar-refractivity contribution is 6.31. The summed E-state index contributed by atoms with van der Waals surface area (Å²) >= 11 is 0. The van der Waals surface area contributed by atoms with Crippen molar-refractivity contribution in [2.45, 2.75) is 107 Å². The maximum absolute atomic E-state index is 14.3. The highest BCUT2D eigenvalue weighted by Gasteiger charge is 2.55. The Kier molecular flexibility index (Phi) is 18.5. The summed E-state index contributed by atoms with van der Waals surface area (Å²) in [6.07, 6.45) is -4.75. The molecule has 4 heterocycles. The van der Waals surface area contributed by atoms with Gasteiger partial charge in [0.1, 0.15) is 29.0 Å². The number of carbonyl (C=O) groups excluding carboxylic acids is 8. The molecule has 0 spiro atoms. The lowest BCUT2D eigenvalue weighted by molar-refractivity contribution is -0.256. The van der Waals surface area contributed by atoms with Crippen molar-refractivity contribution in [3.05, 3.63) is 117 Å². The summed E-state index contributed by atoms with van der Waals surface area (Å²) in [7, 11) is 2.83. The Morgan fingerprint density at radius 2 is 1.41 bits per heavy atom. The lowest BCUT2D eigenvalue weighted by Gasteiger charge is -2.43. The van der Waals surface area contributed by atoms with E-state index in [4.69, 9.17) is 40.0 Å². The first kappa shape index (κ1) is 61.5. The SMILES string of the molecule is COc1cccc2c1C(=O)c1c(O)c3c(c(O)c1C2=O)C[C@@](O)(C(=O)NCCNC(=O)CNC(=O)CNC(=O)CNC(=O)CCCCC(=O)N1Cc2ccccc2/C(N)=C(/NN)c2ccccc21)C[C@@H]3O[C@H]1C[C@H]2[C@H](O[C@@H]3[C@@H](OC)OCCN32)[C@H](C)O1. The van der Waals surface area contributed by atoms with E-state index in [-0.39, 0.29) is 78.8 Å². The molecule has 3 saturated heterocycles. The van der Waals surface area contributed by atoms with Gasteiger partial charge in [-0.2, -0.15) is 0 Å². The fraction of sp³-hybridized carbons (Fsp3) is 0.433. The summed E-state index contributed by atoms with van der Waals surface area (Å²) in [6.45, 7) is 1.03. The summed E-state index contributed by atoms with van der Waals surface area (Å²) in [5.41, 5.74) is 9.04. The first-order chi connectivity index (χ1) is 41.9. The van der Waals surface area contributed by atoms with Gasteiger partial charge in [0.05, 0.1) is 85.9 Å². The summed E-state index contributed by atoms with van der Waals surface area (Å²) in [4.78, 5) is 110. The predicted molar refractivity (Wildman–Crippen MR) is 307 cm³/mol. The van der Waals surface area contributed by atoms with E-state index in [1.54, 1.807) is 11.8 Å². The first-order valence-electron chi connectivity index (χ1n) is 28.6. The number of carbonyl (C=O) groups is 8. The number of ketones is 2. The van der Waals surface area contributed by atoms with Crippen molar-refractivity contribution < 1.29 is 82.1 Å². The van der Waals surface area contributed by atoms with Gasteiger partial charge in [-0.25, -0.2) is 0 Å². The average molecular weight is 1200 g/mol. The number of hydrogen-bond acceptors (Lipinski definition) is 21. The fourth-order valence-corrected chi connectivity index (χ4v) is 12.3. The fourth-order valence-electron chi connectivity index (χ4n) is 12.3. The molecule has 27 nitrogen and oxygen atoms in total. The number of phenolic OH excluding ortho intramolecular Hbond substituents is 2. The zero-order chi connectivity index (χ0) is 61.8. The van der Waals surface area contributed by atoms with Crippen LogP contribution in [0.4, 0.5) is 5.69 Å². The third-order valence-corrected chi connectivity index (χ3v) is 16.5. The molecule has 87 heavy (non-hydrogen) atoms.